The standard InChI is InChI=1S/C24H33N3O2S2/c1-29-23(28)20-18-3-2-4-19(18)31-22(20)25-24(30)27-7-5-26(6-8-27)21-16-10-14-9-15(12-16)13-17(21)11-14/h14-17,21H,2-13H2,1H3,(H,25,30). The molecule has 0 aromatic carbocycles. The summed E-state index contributed by atoms with van der Waals surface area (Å²) in [5, 5.41) is 5.07. The number of carbonyl (C=O) groups excluding carboxylic acids is 1. The highest BCUT2D eigenvalue weighted by Gasteiger charge is 2.50. The summed E-state index contributed by atoms with van der Waals surface area (Å²) >= 11 is 7.48. The van der Waals surface area contributed by atoms with Crippen LogP contribution in [-0.2, 0) is 17.6 Å². The first-order valence-corrected chi connectivity index (χ1v) is 13.4. The summed E-state index contributed by atoms with van der Waals surface area (Å²) < 4.78 is 5.08. The highest BCUT2D eigenvalue weighted by atomic mass is 32.1. The van der Waals surface area contributed by atoms with Gasteiger partial charge >= 0.3 is 5.97 Å². The van der Waals surface area contributed by atoms with E-state index >= 15 is 0 Å². The number of hydrogen-bond acceptors (Lipinski definition) is 5. The molecule has 2 heterocycles. The number of rotatable bonds is 3. The summed E-state index contributed by atoms with van der Waals surface area (Å²) in [6.07, 6.45) is 10.6. The van der Waals surface area contributed by atoms with Gasteiger partial charge in [0.25, 0.3) is 0 Å². The maximum Gasteiger partial charge on any atom is 0.341 e. The van der Waals surface area contributed by atoms with Gasteiger partial charge in [0.05, 0.1) is 12.7 Å². The molecule has 6 aliphatic rings. The highest BCUT2D eigenvalue weighted by molar-refractivity contribution is 7.80. The van der Waals surface area contributed by atoms with Crippen molar-refractivity contribution in [2.24, 2.45) is 23.7 Å². The SMILES string of the molecule is COC(=O)c1c(NC(=S)N2CCN(C3C4CC5CC(C4)CC3C5)CC2)sc2c1CCC2. The number of nitrogens with zero attached hydrogens (tertiary/aromatic N) is 2. The van der Waals surface area contributed by atoms with Crippen molar-refractivity contribution in [1.29, 1.82) is 0 Å². The lowest BCUT2D eigenvalue weighted by atomic mass is 9.54. The molecule has 1 aromatic rings. The molecular weight excluding hydrogens is 426 g/mol. The van der Waals surface area contributed by atoms with Crippen LogP contribution in [0.4, 0.5) is 5.00 Å². The van der Waals surface area contributed by atoms with Crippen molar-refractivity contribution >= 4 is 39.6 Å². The topological polar surface area (TPSA) is 44.8 Å². The van der Waals surface area contributed by atoms with Crippen molar-refractivity contribution in [2.45, 2.75) is 57.4 Å². The van der Waals surface area contributed by atoms with E-state index in [2.05, 4.69) is 15.1 Å². The van der Waals surface area contributed by atoms with Crippen LogP contribution in [-0.4, -0.2) is 60.2 Å². The molecule has 1 aliphatic heterocycles. The van der Waals surface area contributed by atoms with E-state index in [0.717, 1.165) is 90.8 Å². The van der Waals surface area contributed by atoms with E-state index in [-0.39, 0.29) is 5.97 Å². The molecule has 1 N–H and O–H groups in total. The van der Waals surface area contributed by atoms with Crippen LogP contribution in [0.15, 0.2) is 0 Å². The Kier molecular flexibility index (Phi) is 5.27. The predicted molar refractivity (Wildman–Crippen MR) is 128 cm³/mol. The monoisotopic (exact) mass is 459 g/mol. The lowest BCUT2D eigenvalue weighted by Crippen LogP contribution is -2.60. The maximum absolute atomic E-state index is 12.4. The van der Waals surface area contributed by atoms with Crippen molar-refractivity contribution in [3.63, 3.8) is 0 Å². The van der Waals surface area contributed by atoms with Gasteiger partial charge < -0.3 is 15.0 Å². The number of aryl methyl sites for hydroxylation is 1. The Bertz CT molecular complexity index is 862. The average molecular weight is 460 g/mol. The molecular formula is C24H33N3O2S2. The van der Waals surface area contributed by atoms with E-state index in [0.29, 0.717) is 0 Å². The van der Waals surface area contributed by atoms with E-state index in [1.54, 1.807) is 11.3 Å². The first kappa shape index (κ1) is 20.4. The van der Waals surface area contributed by atoms with E-state index in [4.69, 9.17) is 17.0 Å². The fraction of sp³-hybridized carbons (Fsp3) is 0.750. The molecule has 0 atom stereocenters. The molecule has 0 spiro atoms. The van der Waals surface area contributed by atoms with Gasteiger partial charge in [0.2, 0.25) is 0 Å². The number of ether oxygens (including phenoxy) is 1. The second-order valence-corrected chi connectivity index (χ2v) is 11.9. The molecule has 5 aliphatic carbocycles. The second-order valence-electron chi connectivity index (χ2n) is 10.4. The molecule has 4 saturated carbocycles. The number of fused-ring (bicyclic) bond motifs is 1. The van der Waals surface area contributed by atoms with Gasteiger partial charge in [-0.1, -0.05) is 0 Å². The number of esters is 1. The van der Waals surface area contributed by atoms with Crippen molar-refractivity contribution < 1.29 is 9.53 Å². The third kappa shape index (κ3) is 3.51. The summed E-state index contributed by atoms with van der Waals surface area (Å²) in [5.41, 5.74) is 1.89. The Morgan fingerprint density at radius 1 is 1.03 bits per heavy atom. The zero-order valence-electron chi connectivity index (χ0n) is 18.4. The van der Waals surface area contributed by atoms with Gasteiger partial charge in [0.1, 0.15) is 5.00 Å². The molecule has 168 valence electrons. The zero-order valence-corrected chi connectivity index (χ0v) is 20.0. The Balaban J connectivity index is 1.10. The summed E-state index contributed by atoms with van der Waals surface area (Å²) in [5.74, 6) is 3.73. The molecule has 0 radical (unpaired) electrons. The van der Waals surface area contributed by atoms with Gasteiger partial charge in [-0.2, -0.15) is 0 Å². The molecule has 1 aromatic heterocycles. The van der Waals surface area contributed by atoms with Crippen molar-refractivity contribution in [3.05, 3.63) is 16.0 Å². The van der Waals surface area contributed by atoms with Gasteiger partial charge in [-0.3, -0.25) is 4.90 Å². The number of nitrogens with one attached hydrogen (secondary N) is 1. The van der Waals surface area contributed by atoms with E-state index in [9.17, 15) is 4.79 Å². The largest absolute Gasteiger partial charge is 0.465 e. The normalized spacial score (nSPS) is 34.1. The van der Waals surface area contributed by atoms with Crippen molar-refractivity contribution in [3.8, 4) is 0 Å². The number of piperazine rings is 1. The Morgan fingerprint density at radius 3 is 2.35 bits per heavy atom. The minimum atomic E-state index is -0.239. The first-order chi connectivity index (χ1) is 15.1. The Morgan fingerprint density at radius 2 is 1.71 bits per heavy atom. The van der Waals surface area contributed by atoms with Crippen LogP contribution in [0.25, 0.3) is 0 Å². The Labute approximate surface area is 194 Å². The van der Waals surface area contributed by atoms with Gasteiger partial charge in [0, 0.05) is 37.1 Å². The minimum absolute atomic E-state index is 0.239. The third-order valence-corrected chi connectivity index (χ3v) is 10.3. The van der Waals surface area contributed by atoms with Crippen LogP contribution in [0, 0.1) is 23.7 Å². The molecule has 0 amide bonds. The number of carbonyl (C=O) groups is 1. The van der Waals surface area contributed by atoms with Gasteiger partial charge in [-0.05, 0) is 92.8 Å². The van der Waals surface area contributed by atoms with E-state index < -0.39 is 0 Å². The molecule has 5 nitrogen and oxygen atoms in total. The lowest BCUT2D eigenvalue weighted by Gasteiger charge is -2.58. The molecule has 7 heteroatoms. The summed E-state index contributed by atoms with van der Waals surface area (Å²) in [6, 6.07) is 0.822. The summed E-state index contributed by atoms with van der Waals surface area (Å²) in [7, 11) is 1.47. The smallest absolute Gasteiger partial charge is 0.341 e. The van der Waals surface area contributed by atoms with Crippen molar-refractivity contribution in [1.82, 2.24) is 9.80 Å². The first-order valence-electron chi connectivity index (χ1n) is 12.1. The number of thiocarbonyl (C=S) groups is 1. The lowest BCUT2D eigenvalue weighted by molar-refractivity contribution is -0.0726. The fourth-order valence-corrected chi connectivity index (χ4v) is 9.33. The number of methoxy groups -OCH3 is 1. The van der Waals surface area contributed by atoms with Gasteiger partial charge in [-0.15, -0.1) is 11.3 Å². The minimum Gasteiger partial charge on any atom is -0.465 e. The molecule has 4 bridgehead atoms. The van der Waals surface area contributed by atoms with E-state index in [1.165, 1.54) is 49.7 Å². The number of anilines is 1. The second kappa shape index (κ2) is 7.99. The molecule has 5 fully saturated rings. The third-order valence-electron chi connectivity index (χ3n) is 8.73. The molecule has 0 unspecified atom stereocenters. The number of thiophene rings is 1. The Hall–Kier alpha value is -1.18. The van der Waals surface area contributed by atoms with Crippen LogP contribution < -0.4 is 5.32 Å². The zero-order chi connectivity index (χ0) is 21.1. The molecule has 7 rings (SSSR count). The summed E-state index contributed by atoms with van der Waals surface area (Å²) in [6.45, 7) is 4.18. The molecule has 1 saturated heterocycles. The molecule has 31 heavy (non-hydrogen) atoms. The maximum atomic E-state index is 12.4. The van der Waals surface area contributed by atoms with Crippen LogP contribution in [0.3, 0.4) is 0 Å². The van der Waals surface area contributed by atoms with Crippen molar-refractivity contribution in [2.75, 3.05) is 38.6 Å². The van der Waals surface area contributed by atoms with Gasteiger partial charge in [0.15, 0.2) is 5.11 Å². The fourth-order valence-electron chi connectivity index (χ4n) is 7.70. The summed E-state index contributed by atoms with van der Waals surface area (Å²) in [4.78, 5) is 18.8. The van der Waals surface area contributed by atoms with E-state index in [1.807, 2.05) is 0 Å². The van der Waals surface area contributed by atoms with Crippen LogP contribution >= 0.6 is 23.6 Å². The quantitative estimate of drug-likeness (QED) is 0.541. The van der Waals surface area contributed by atoms with Crippen LogP contribution in [0.5, 0.6) is 0 Å². The average Bonchev–Trinajstić information content (AvgIpc) is 3.34. The highest BCUT2D eigenvalue weighted by Crippen LogP contribution is 2.55. The van der Waals surface area contributed by atoms with Crippen LogP contribution in [0.1, 0.15) is 59.3 Å². The number of hydrogen-bond donors (Lipinski definition) is 1. The van der Waals surface area contributed by atoms with Gasteiger partial charge in [-0.25, -0.2) is 4.79 Å². The van der Waals surface area contributed by atoms with Crippen LogP contribution in [0.2, 0.25) is 0 Å². The predicted octanol–water partition coefficient (Wildman–Crippen LogP) is 4.16.